The molecule has 1 heterocycles. The van der Waals surface area contributed by atoms with Crippen LogP contribution in [0.2, 0.25) is 5.02 Å². The number of aromatic nitrogens is 2. The van der Waals surface area contributed by atoms with Gasteiger partial charge in [0.1, 0.15) is 5.82 Å². The first-order chi connectivity index (χ1) is 13.5. The molecular weight excluding hydrogens is 385 g/mol. The third kappa shape index (κ3) is 6.21. The first kappa shape index (κ1) is 21.1. The fraction of sp³-hybridized carbons (Fsp3) is 0.150. The molecule has 0 atom stereocenters. The Hall–Kier alpha value is -3.19. The normalized spacial score (nSPS) is 9.82. The van der Waals surface area contributed by atoms with Gasteiger partial charge in [-0.05, 0) is 24.3 Å². The molecule has 146 valence electrons. The summed E-state index contributed by atoms with van der Waals surface area (Å²) in [7, 11) is 1.27. The average Bonchev–Trinajstić information content (AvgIpc) is 3.19. The monoisotopic (exact) mass is 403 g/mol. The molecule has 3 aromatic rings. The quantitative estimate of drug-likeness (QED) is 0.634. The third-order valence-electron chi connectivity index (χ3n) is 3.60. The van der Waals surface area contributed by atoms with Crippen molar-refractivity contribution in [1.29, 1.82) is 0 Å². The number of carbonyl (C=O) groups excluding carboxylic acids is 2. The second kappa shape index (κ2) is 10.8. The van der Waals surface area contributed by atoms with Crippen LogP contribution in [0.25, 0.3) is 11.3 Å². The lowest BCUT2D eigenvalue weighted by molar-refractivity contribution is -0.140. The number of hydrogen-bond acceptors (Lipinski definition) is 4. The van der Waals surface area contributed by atoms with Crippen molar-refractivity contribution in [2.45, 2.75) is 6.42 Å². The fourth-order valence-corrected chi connectivity index (χ4v) is 2.36. The van der Waals surface area contributed by atoms with Crippen LogP contribution in [0.3, 0.4) is 0 Å². The van der Waals surface area contributed by atoms with Gasteiger partial charge in [0, 0.05) is 17.1 Å². The van der Waals surface area contributed by atoms with Crippen molar-refractivity contribution in [1.82, 2.24) is 15.5 Å². The molecule has 3 rings (SSSR count). The van der Waals surface area contributed by atoms with Gasteiger partial charge in [0.15, 0.2) is 0 Å². The van der Waals surface area contributed by atoms with E-state index in [1.807, 2.05) is 30.3 Å². The molecular formula is C20H19ClFN3O3. The summed E-state index contributed by atoms with van der Waals surface area (Å²) in [5.74, 6) is -1.31. The maximum atomic E-state index is 13.8. The Labute approximate surface area is 166 Å². The van der Waals surface area contributed by atoms with E-state index in [2.05, 4.69) is 20.3 Å². The maximum Gasteiger partial charge on any atom is 0.307 e. The summed E-state index contributed by atoms with van der Waals surface area (Å²) < 4.78 is 18.2. The smallest absolute Gasteiger partial charge is 0.307 e. The highest BCUT2D eigenvalue weighted by atomic mass is 35.5. The van der Waals surface area contributed by atoms with Crippen LogP contribution < -0.4 is 5.32 Å². The van der Waals surface area contributed by atoms with Gasteiger partial charge >= 0.3 is 5.97 Å². The number of ether oxygens (including phenoxy) is 1. The number of aromatic amines is 1. The van der Waals surface area contributed by atoms with Crippen molar-refractivity contribution >= 4 is 23.5 Å². The van der Waals surface area contributed by atoms with Crippen LogP contribution in [0.15, 0.2) is 60.8 Å². The highest BCUT2D eigenvalue weighted by molar-refractivity contribution is 6.30. The maximum absolute atomic E-state index is 13.8. The SMILES string of the molecule is COC(=O)CCNC(=O)c1cn[nH]c1-c1ccccc1F.Clc1ccccc1. The molecule has 6 nitrogen and oxygen atoms in total. The Morgan fingerprint density at radius 2 is 1.82 bits per heavy atom. The van der Waals surface area contributed by atoms with E-state index in [0.717, 1.165) is 5.02 Å². The van der Waals surface area contributed by atoms with E-state index in [9.17, 15) is 14.0 Å². The lowest BCUT2D eigenvalue weighted by Gasteiger charge is -2.06. The molecule has 1 aromatic heterocycles. The van der Waals surface area contributed by atoms with E-state index in [0.29, 0.717) is 5.69 Å². The zero-order chi connectivity index (χ0) is 20.4. The number of nitrogens with zero attached hydrogens (tertiary/aromatic N) is 1. The minimum atomic E-state index is -0.453. The molecule has 2 N–H and O–H groups in total. The van der Waals surface area contributed by atoms with Gasteiger partial charge in [-0.3, -0.25) is 14.7 Å². The van der Waals surface area contributed by atoms with Gasteiger partial charge in [-0.25, -0.2) is 4.39 Å². The second-order valence-electron chi connectivity index (χ2n) is 5.52. The van der Waals surface area contributed by atoms with Crippen molar-refractivity contribution in [3.05, 3.63) is 77.2 Å². The predicted octanol–water partition coefficient (Wildman–Crippen LogP) is 3.85. The van der Waals surface area contributed by atoms with Gasteiger partial charge in [0.05, 0.1) is 31.0 Å². The van der Waals surface area contributed by atoms with Gasteiger partial charge < -0.3 is 10.1 Å². The summed E-state index contributed by atoms with van der Waals surface area (Å²) in [5.41, 5.74) is 0.766. The zero-order valence-corrected chi connectivity index (χ0v) is 15.9. The molecule has 0 saturated heterocycles. The van der Waals surface area contributed by atoms with Crippen LogP contribution >= 0.6 is 11.6 Å². The number of rotatable bonds is 5. The molecule has 0 radical (unpaired) electrons. The van der Waals surface area contributed by atoms with Crippen LogP contribution in [0.5, 0.6) is 0 Å². The van der Waals surface area contributed by atoms with Gasteiger partial charge in [0.25, 0.3) is 5.91 Å². The first-order valence-corrected chi connectivity index (χ1v) is 8.74. The van der Waals surface area contributed by atoms with Crippen molar-refractivity contribution in [2.75, 3.05) is 13.7 Å². The third-order valence-corrected chi connectivity index (χ3v) is 3.85. The Kier molecular flexibility index (Phi) is 8.17. The number of methoxy groups -OCH3 is 1. The lowest BCUT2D eigenvalue weighted by atomic mass is 10.1. The number of H-pyrrole nitrogens is 1. The summed E-state index contributed by atoms with van der Waals surface area (Å²) >= 11 is 5.54. The zero-order valence-electron chi connectivity index (χ0n) is 15.1. The van der Waals surface area contributed by atoms with E-state index in [1.54, 1.807) is 18.2 Å². The summed E-state index contributed by atoms with van der Waals surface area (Å²) in [6.07, 6.45) is 1.38. The molecule has 0 aliphatic rings. The molecule has 0 spiro atoms. The van der Waals surface area contributed by atoms with E-state index in [4.69, 9.17) is 11.6 Å². The summed E-state index contributed by atoms with van der Waals surface area (Å²) in [6.45, 7) is 0.132. The van der Waals surface area contributed by atoms with Crippen LogP contribution in [-0.2, 0) is 9.53 Å². The molecule has 2 aromatic carbocycles. The van der Waals surface area contributed by atoms with E-state index in [1.165, 1.54) is 19.4 Å². The predicted molar refractivity (Wildman–Crippen MR) is 104 cm³/mol. The first-order valence-electron chi connectivity index (χ1n) is 8.36. The number of benzene rings is 2. The Morgan fingerprint density at radius 1 is 1.14 bits per heavy atom. The summed E-state index contributed by atoms with van der Waals surface area (Å²) in [4.78, 5) is 23.0. The Balaban J connectivity index is 0.000000336. The second-order valence-corrected chi connectivity index (χ2v) is 5.95. The molecule has 0 aliphatic carbocycles. The molecule has 0 aliphatic heterocycles. The molecule has 0 saturated carbocycles. The molecule has 0 fully saturated rings. The number of amides is 1. The van der Waals surface area contributed by atoms with Crippen LogP contribution in [-0.4, -0.2) is 35.7 Å². The Bertz CT molecular complexity index is 916. The molecule has 1 amide bonds. The van der Waals surface area contributed by atoms with Crippen molar-refractivity contribution < 1.29 is 18.7 Å². The van der Waals surface area contributed by atoms with Crippen molar-refractivity contribution in [3.63, 3.8) is 0 Å². The molecule has 0 bridgehead atoms. The summed E-state index contributed by atoms with van der Waals surface area (Å²) in [6, 6.07) is 15.5. The number of nitrogens with one attached hydrogen (secondary N) is 2. The van der Waals surface area contributed by atoms with E-state index in [-0.39, 0.29) is 24.1 Å². The number of carbonyl (C=O) groups is 2. The Morgan fingerprint density at radius 3 is 2.43 bits per heavy atom. The van der Waals surface area contributed by atoms with Gasteiger partial charge in [-0.2, -0.15) is 5.10 Å². The molecule has 28 heavy (non-hydrogen) atoms. The molecule has 0 unspecified atom stereocenters. The standard InChI is InChI=1S/C14H14FN3O3.C6H5Cl/c1-21-12(19)6-7-16-14(20)10-8-17-18-13(10)9-4-2-3-5-11(9)15;7-6-4-2-1-3-5-6/h2-5,8H,6-7H2,1H3,(H,16,20)(H,17,18);1-5H. The minimum Gasteiger partial charge on any atom is -0.469 e. The van der Waals surface area contributed by atoms with Crippen LogP contribution in [0.4, 0.5) is 4.39 Å². The number of esters is 1. The number of halogens is 2. The van der Waals surface area contributed by atoms with Crippen LogP contribution in [0, 0.1) is 5.82 Å². The van der Waals surface area contributed by atoms with Crippen LogP contribution in [0.1, 0.15) is 16.8 Å². The average molecular weight is 404 g/mol. The van der Waals surface area contributed by atoms with Gasteiger partial charge in [-0.15, -0.1) is 0 Å². The van der Waals surface area contributed by atoms with Crippen molar-refractivity contribution in [3.8, 4) is 11.3 Å². The van der Waals surface area contributed by atoms with Crippen molar-refractivity contribution in [2.24, 2.45) is 0 Å². The van der Waals surface area contributed by atoms with Gasteiger partial charge in [-0.1, -0.05) is 41.9 Å². The highest BCUT2D eigenvalue weighted by Gasteiger charge is 2.17. The van der Waals surface area contributed by atoms with E-state index >= 15 is 0 Å². The van der Waals surface area contributed by atoms with E-state index < -0.39 is 17.7 Å². The largest absolute Gasteiger partial charge is 0.469 e. The lowest BCUT2D eigenvalue weighted by Crippen LogP contribution is -2.26. The topological polar surface area (TPSA) is 84.1 Å². The fourth-order valence-electron chi connectivity index (χ4n) is 2.22. The van der Waals surface area contributed by atoms with Gasteiger partial charge in [0.2, 0.25) is 0 Å². The molecule has 8 heteroatoms. The summed E-state index contributed by atoms with van der Waals surface area (Å²) in [5, 5.41) is 9.74. The number of hydrogen-bond donors (Lipinski definition) is 2. The highest BCUT2D eigenvalue weighted by Crippen LogP contribution is 2.23. The minimum absolute atomic E-state index is 0.0646.